The number of nitrogens with one attached hydrogen (secondary N) is 2. The monoisotopic (exact) mass is 615 g/mol. The zero-order valence-electron chi connectivity index (χ0n) is 22.4. The topological polar surface area (TPSA) is 148 Å². The van der Waals surface area contributed by atoms with Crippen molar-refractivity contribution >= 4 is 61.2 Å². The number of rotatable bonds is 8. The Hall–Kier alpha value is -3.35. The van der Waals surface area contributed by atoms with Crippen LogP contribution >= 0.6 is 22.4 Å². The van der Waals surface area contributed by atoms with Crippen LogP contribution in [0.1, 0.15) is 50.7 Å². The molecule has 5 N–H and O–H groups in total. The third kappa shape index (κ3) is 5.02. The molecule has 41 heavy (non-hydrogen) atoms. The standard InChI is InChI=1S/C29H30ClN3O6S2/c1-3-15-29(16-4-2)20-10-6-5-9-19(20)26(34)25(27(29)35)28-31-22-14-13-18(17-24(22)41(38,39)33-28)32-40(36,37)23-12-8-7-11-21(23)30/h5-14,17,32,34,38-39H,3-4,15-16H2,1-2H3,(H,31,33). The van der Waals surface area contributed by atoms with Crippen molar-refractivity contribution in [1.29, 1.82) is 0 Å². The van der Waals surface area contributed by atoms with E-state index in [1.54, 1.807) is 18.2 Å². The van der Waals surface area contributed by atoms with E-state index < -0.39 is 26.2 Å². The number of ketones is 1. The number of sulfonamides is 1. The van der Waals surface area contributed by atoms with Gasteiger partial charge in [-0.2, -0.15) is 0 Å². The predicted molar refractivity (Wildman–Crippen MR) is 163 cm³/mol. The average molecular weight is 616 g/mol. The second-order valence-electron chi connectivity index (χ2n) is 10.0. The summed E-state index contributed by atoms with van der Waals surface area (Å²) >= 11 is 6.07. The largest absolute Gasteiger partial charge is 0.506 e. The van der Waals surface area contributed by atoms with Gasteiger partial charge in [0.25, 0.3) is 10.0 Å². The number of Topliss-reactive ketones (excluding diaryl/α,β-unsaturated/α-hetero) is 1. The van der Waals surface area contributed by atoms with Gasteiger partial charge in [-0.15, -0.1) is 4.40 Å². The molecule has 0 bridgehead atoms. The van der Waals surface area contributed by atoms with Crippen LogP contribution in [0.2, 0.25) is 5.02 Å². The Morgan fingerprint density at radius 3 is 2.34 bits per heavy atom. The number of amidine groups is 1. The molecule has 2 aliphatic rings. The molecule has 0 unspecified atom stereocenters. The van der Waals surface area contributed by atoms with E-state index in [2.05, 4.69) is 14.4 Å². The van der Waals surface area contributed by atoms with Gasteiger partial charge in [0.2, 0.25) is 0 Å². The first-order valence-electron chi connectivity index (χ1n) is 13.1. The molecule has 3 aromatic rings. The van der Waals surface area contributed by atoms with Gasteiger partial charge in [0, 0.05) is 5.56 Å². The number of benzene rings is 3. The van der Waals surface area contributed by atoms with Crippen LogP contribution in [0.25, 0.3) is 5.76 Å². The Morgan fingerprint density at radius 1 is 1.00 bits per heavy atom. The van der Waals surface area contributed by atoms with Gasteiger partial charge in [0.15, 0.2) is 11.6 Å². The molecule has 0 saturated carbocycles. The van der Waals surface area contributed by atoms with Crippen LogP contribution in [-0.2, 0) is 20.2 Å². The highest BCUT2D eigenvalue weighted by atomic mass is 35.5. The fourth-order valence-electron chi connectivity index (χ4n) is 5.63. The summed E-state index contributed by atoms with van der Waals surface area (Å²) in [4.78, 5) is 14.0. The van der Waals surface area contributed by atoms with Gasteiger partial charge in [-0.05, 0) is 48.7 Å². The predicted octanol–water partition coefficient (Wildman–Crippen LogP) is 7.38. The summed E-state index contributed by atoms with van der Waals surface area (Å²) in [6.45, 7) is 3.98. The van der Waals surface area contributed by atoms with Crippen molar-refractivity contribution in [2.75, 3.05) is 10.0 Å². The maximum Gasteiger partial charge on any atom is 0.263 e. The van der Waals surface area contributed by atoms with E-state index >= 15 is 0 Å². The number of carbonyl (C=O) groups is 1. The summed E-state index contributed by atoms with van der Waals surface area (Å²) in [5.41, 5.74) is 0.488. The number of aliphatic hydroxyl groups excluding tert-OH is 1. The molecule has 0 radical (unpaired) electrons. The Kier molecular flexibility index (Phi) is 7.68. The van der Waals surface area contributed by atoms with Crippen molar-refractivity contribution in [3.8, 4) is 0 Å². The molecule has 1 heterocycles. The van der Waals surface area contributed by atoms with Crippen LogP contribution < -0.4 is 10.0 Å². The minimum Gasteiger partial charge on any atom is -0.506 e. The zero-order valence-corrected chi connectivity index (χ0v) is 24.8. The summed E-state index contributed by atoms with van der Waals surface area (Å²) < 4.78 is 54.6. The lowest BCUT2D eigenvalue weighted by Gasteiger charge is -2.40. The fraction of sp³-hybridized carbons (Fsp3) is 0.241. The normalized spacial score (nSPS) is 18.1. The van der Waals surface area contributed by atoms with Gasteiger partial charge >= 0.3 is 0 Å². The van der Waals surface area contributed by atoms with E-state index in [4.69, 9.17) is 11.6 Å². The highest BCUT2D eigenvalue weighted by Gasteiger charge is 2.48. The first-order chi connectivity index (χ1) is 19.4. The number of nitrogens with zero attached hydrogens (tertiary/aromatic N) is 1. The van der Waals surface area contributed by atoms with Crippen molar-refractivity contribution in [1.82, 2.24) is 0 Å². The van der Waals surface area contributed by atoms with Gasteiger partial charge in [-0.3, -0.25) is 18.6 Å². The Morgan fingerprint density at radius 2 is 1.66 bits per heavy atom. The van der Waals surface area contributed by atoms with Crippen molar-refractivity contribution in [2.24, 2.45) is 4.40 Å². The third-order valence-corrected chi connectivity index (χ3v) is 10.6. The SMILES string of the molecule is CCCC1(CCC)C(=O)C(C2=NS(O)(O)c3cc(NS(=O)(=O)c4ccccc4Cl)ccc3N2)=C(O)c2ccccc21. The average Bonchev–Trinajstić information content (AvgIpc) is 2.92. The highest BCUT2D eigenvalue weighted by molar-refractivity contribution is 8.23. The molecular formula is C29H30ClN3O6S2. The lowest BCUT2D eigenvalue weighted by atomic mass is 9.63. The van der Waals surface area contributed by atoms with Crippen LogP contribution in [-0.4, -0.2) is 34.2 Å². The van der Waals surface area contributed by atoms with Crippen molar-refractivity contribution in [3.05, 3.63) is 88.5 Å². The molecule has 1 aliphatic heterocycles. The quantitative estimate of drug-likeness (QED) is 0.177. The van der Waals surface area contributed by atoms with Crippen LogP contribution in [0.3, 0.4) is 0 Å². The van der Waals surface area contributed by atoms with Crippen LogP contribution in [0, 0.1) is 0 Å². The Balaban J connectivity index is 1.56. The maximum atomic E-state index is 14.2. The number of anilines is 2. The molecule has 1 aliphatic carbocycles. The van der Waals surface area contributed by atoms with Crippen molar-refractivity contribution < 1.29 is 27.4 Å². The van der Waals surface area contributed by atoms with Gasteiger partial charge < -0.3 is 10.4 Å². The number of carbonyl (C=O) groups excluding carboxylic acids is 1. The van der Waals surface area contributed by atoms with Crippen molar-refractivity contribution in [2.45, 2.75) is 54.7 Å². The summed E-state index contributed by atoms with van der Waals surface area (Å²) in [6, 6.07) is 17.3. The maximum absolute atomic E-state index is 14.2. The summed E-state index contributed by atoms with van der Waals surface area (Å²) in [5.74, 6) is -0.788. The molecule has 3 aromatic carbocycles. The molecule has 0 amide bonds. The van der Waals surface area contributed by atoms with Crippen molar-refractivity contribution in [3.63, 3.8) is 0 Å². The Labute approximate surface area is 245 Å². The van der Waals surface area contributed by atoms with E-state index in [1.807, 2.05) is 26.0 Å². The minimum absolute atomic E-state index is 0.0344. The van der Waals surface area contributed by atoms with E-state index in [-0.39, 0.29) is 49.1 Å². The molecule has 9 nitrogen and oxygen atoms in total. The number of hydrogen-bond acceptors (Lipinski definition) is 8. The third-order valence-electron chi connectivity index (χ3n) is 7.31. The van der Waals surface area contributed by atoms with E-state index in [0.29, 0.717) is 18.4 Å². The summed E-state index contributed by atoms with van der Waals surface area (Å²) in [6.07, 6.45) is 2.53. The number of fused-ring (bicyclic) bond motifs is 2. The first-order valence-corrected chi connectivity index (χ1v) is 16.5. The van der Waals surface area contributed by atoms with Gasteiger partial charge in [0.1, 0.15) is 21.1 Å². The summed E-state index contributed by atoms with van der Waals surface area (Å²) in [7, 11) is -7.99. The van der Waals surface area contributed by atoms with Gasteiger partial charge in [-0.25, -0.2) is 8.42 Å². The van der Waals surface area contributed by atoms with Crippen LogP contribution in [0.5, 0.6) is 0 Å². The lowest BCUT2D eigenvalue weighted by Crippen LogP contribution is -2.44. The highest BCUT2D eigenvalue weighted by Crippen LogP contribution is 2.57. The second kappa shape index (κ2) is 10.8. The van der Waals surface area contributed by atoms with Gasteiger partial charge in [0.05, 0.1) is 21.8 Å². The number of halogens is 1. The molecule has 216 valence electrons. The van der Waals surface area contributed by atoms with E-state index in [0.717, 1.165) is 18.4 Å². The van der Waals surface area contributed by atoms with Crippen LogP contribution in [0.15, 0.2) is 86.5 Å². The molecule has 5 rings (SSSR count). The molecule has 0 saturated heterocycles. The van der Waals surface area contributed by atoms with E-state index in [1.165, 1.54) is 36.4 Å². The van der Waals surface area contributed by atoms with E-state index in [9.17, 15) is 27.4 Å². The van der Waals surface area contributed by atoms with Gasteiger partial charge in [-0.1, -0.05) is 85.5 Å². The number of aliphatic hydroxyl groups is 1. The molecule has 0 spiro atoms. The molecular weight excluding hydrogens is 586 g/mol. The fourth-order valence-corrected chi connectivity index (χ4v) is 8.39. The first kappa shape index (κ1) is 29.2. The zero-order chi connectivity index (χ0) is 29.6. The summed E-state index contributed by atoms with van der Waals surface area (Å²) in [5, 5.41) is 14.3. The smallest absolute Gasteiger partial charge is 0.263 e. The van der Waals surface area contributed by atoms with Crippen LogP contribution in [0.4, 0.5) is 11.4 Å². The molecule has 12 heteroatoms. The second-order valence-corrected chi connectivity index (χ2v) is 13.7. The Bertz CT molecular complexity index is 1710. The molecule has 0 atom stereocenters. The number of hydrogen-bond donors (Lipinski definition) is 5. The minimum atomic E-state index is -4.08. The lowest BCUT2D eigenvalue weighted by molar-refractivity contribution is -0.121. The molecule has 0 aromatic heterocycles. The molecule has 0 fully saturated rings.